The number of aromatic nitrogens is 2. The molecule has 150 valence electrons. The zero-order valence-electron chi connectivity index (χ0n) is 15.7. The van der Waals surface area contributed by atoms with E-state index in [2.05, 4.69) is 20.6 Å². The van der Waals surface area contributed by atoms with E-state index in [4.69, 9.17) is 0 Å². The number of nitrogens with zero attached hydrogens (tertiary/aromatic N) is 1. The maximum atomic E-state index is 13.5. The van der Waals surface area contributed by atoms with Gasteiger partial charge in [-0.1, -0.05) is 24.3 Å². The van der Waals surface area contributed by atoms with Crippen molar-refractivity contribution in [3.05, 3.63) is 76.1 Å². The molecule has 7 nitrogen and oxygen atoms in total. The summed E-state index contributed by atoms with van der Waals surface area (Å²) in [6.07, 6.45) is 1.25. The van der Waals surface area contributed by atoms with Crippen molar-refractivity contribution in [2.24, 2.45) is 0 Å². The molecular weight excluding hydrogens is 375 g/mol. The lowest BCUT2D eigenvalue weighted by atomic mass is 10.2. The topological polar surface area (TPSA) is 104 Å². The van der Waals surface area contributed by atoms with E-state index in [1.807, 2.05) is 6.07 Å². The summed E-state index contributed by atoms with van der Waals surface area (Å²) in [7, 11) is 0. The Bertz CT molecular complexity index is 1080. The van der Waals surface area contributed by atoms with Crippen LogP contribution in [0.5, 0.6) is 0 Å². The van der Waals surface area contributed by atoms with Gasteiger partial charge in [-0.25, -0.2) is 9.37 Å². The highest BCUT2D eigenvalue weighted by atomic mass is 19.1. The highest BCUT2D eigenvalue weighted by molar-refractivity contribution is 5.94. The van der Waals surface area contributed by atoms with Crippen LogP contribution in [0.15, 0.2) is 53.3 Å². The highest BCUT2D eigenvalue weighted by Crippen LogP contribution is 2.07. The van der Waals surface area contributed by atoms with E-state index >= 15 is 0 Å². The lowest BCUT2D eigenvalue weighted by Crippen LogP contribution is -2.34. The summed E-state index contributed by atoms with van der Waals surface area (Å²) in [5, 5.41) is 5.78. The molecule has 0 saturated heterocycles. The second-order valence-electron chi connectivity index (χ2n) is 6.47. The normalized spacial score (nSPS) is 10.7. The van der Waals surface area contributed by atoms with Crippen molar-refractivity contribution in [2.45, 2.75) is 19.3 Å². The third kappa shape index (κ3) is 5.47. The molecule has 0 atom stereocenters. The SMILES string of the molecule is O=C(CCCc1nc2ccccc2c(=O)[nH]1)NCCNC(=O)c1ccccc1F. The number of rotatable bonds is 8. The van der Waals surface area contributed by atoms with Crippen molar-refractivity contribution in [3.63, 3.8) is 0 Å². The van der Waals surface area contributed by atoms with Gasteiger partial charge >= 0.3 is 0 Å². The summed E-state index contributed by atoms with van der Waals surface area (Å²) < 4.78 is 13.5. The number of halogens is 1. The van der Waals surface area contributed by atoms with Gasteiger partial charge in [-0.2, -0.15) is 0 Å². The number of aryl methyl sites for hydroxylation is 1. The van der Waals surface area contributed by atoms with Crippen molar-refractivity contribution < 1.29 is 14.0 Å². The van der Waals surface area contributed by atoms with E-state index in [9.17, 15) is 18.8 Å². The van der Waals surface area contributed by atoms with Gasteiger partial charge in [0, 0.05) is 25.9 Å². The average molecular weight is 396 g/mol. The number of hydrogen-bond acceptors (Lipinski definition) is 4. The fourth-order valence-corrected chi connectivity index (χ4v) is 2.88. The third-order valence-electron chi connectivity index (χ3n) is 4.33. The highest BCUT2D eigenvalue weighted by Gasteiger charge is 2.10. The van der Waals surface area contributed by atoms with Crippen LogP contribution in [0.1, 0.15) is 29.0 Å². The Kier molecular flexibility index (Phi) is 6.67. The van der Waals surface area contributed by atoms with Crippen LogP contribution in [-0.2, 0) is 11.2 Å². The number of carbonyl (C=O) groups excluding carboxylic acids is 2. The minimum absolute atomic E-state index is 0.0318. The third-order valence-corrected chi connectivity index (χ3v) is 4.33. The Balaban J connectivity index is 1.38. The first-order valence-electron chi connectivity index (χ1n) is 9.32. The molecule has 1 heterocycles. The van der Waals surface area contributed by atoms with Gasteiger partial charge < -0.3 is 15.6 Å². The van der Waals surface area contributed by atoms with Gasteiger partial charge in [-0.3, -0.25) is 14.4 Å². The summed E-state index contributed by atoms with van der Waals surface area (Å²) in [6, 6.07) is 12.8. The molecule has 3 N–H and O–H groups in total. The van der Waals surface area contributed by atoms with Crippen LogP contribution in [0, 0.1) is 5.82 Å². The predicted octanol–water partition coefficient (Wildman–Crippen LogP) is 1.93. The van der Waals surface area contributed by atoms with E-state index in [-0.39, 0.29) is 36.5 Å². The van der Waals surface area contributed by atoms with E-state index in [0.29, 0.717) is 29.6 Å². The van der Waals surface area contributed by atoms with Crippen LogP contribution in [0.4, 0.5) is 4.39 Å². The number of aromatic amines is 1. The number of amides is 2. The molecule has 0 aliphatic rings. The van der Waals surface area contributed by atoms with Crippen LogP contribution >= 0.6 is 0 Å². The van der Waals surface area contributed by atoms with Crippen molar-refractivity contribution in [3.8, 4) is 0 Å². The summed E-state index contributed by atoms with van der Waals surface area (Å²) in [5.74, 6) is -0.745. The first-order valence-corrected chi connectivity index (χ1v) is 9.32. The molecule has 0 fully saturated rings. The molecule has 0 aliphatic heterocycles. The van der Waals surface area contributed by atoms with E-state index in [1.165, 1.54) is 18.2 Å². The summed E-state index contributed by atoms with van der Waals surface area (Å²) in [4.78, 5) is 42.9. The number of carbonyl (C=O) groups is 2. The van der Waals surface area contributed by atoms with Crippen LogP contribution < -0.4 is 16.2 Å². The Morgan fingerprint density at radius 2 is 1.72 bits per heavy atom. The standard InChI is InChI=1S/C21H21FN4O3/c22-16-8-3-1-6-14(16)20(28)24-13-12-23-19(27)11-5-10-18-25-17-9-4-2-7-15(17)21(29)26-18/h1-4,6-9H,5,10-13H2,(H,23,27)(H,24,28)(H,25,26,29). The number of H-pyrrole nitrogens is 1. The minimum Gasteiger partial charge on any atom is -0.354 e. The molecule has 0 spiro atoms. The Morgan fingerprint density at radius 3 is 2.55 bits per heavy atom. The largest absolute Gasteiger partial charge is 0.354 e. The fraction of sp³-hybridized carbons (Fsp3) is 0.238. The van der Waals surface area contributed by atoms with Gasteiger partial charge in [0.1, 0.15) is 11.6 Å². The first kappa shape index (κ1) is 20.2. The van der Waals surface area contributed by atoms with Crippen molar-refractivity contribution in [1.29, 1.82) is 0 Å². The van der Waals surface area contributed by atoms with Gasteiger partial charge in [-0.05, 0) is 30.7 Å². The first-order chi connectivity index (χ1) is 14.0. The van der Waals surface area contributed by atoms with Crippen LogP contribution in [-0.4, -0.2) is 34.9 Å². The molecule has 3 rings (SSSR count). The maximum absolute atomic E-state index is 13.5. The monoisotopic (exact) mass is 396 g/mol. The number of para-hydroxylation sites is 1. The quantitative estimate of drug-likeness (QED) is 0.506. The number of fused-ring (bicyclic) bond motifs is 1. The van der Waals surface area contributed by atoms with Gasteiger partial charge in [0.05, 0.1) is 16.5 Å². The zero-order valence-corrected chi connectivity index (χ0v) is 15.7. The molecule has 29 heavy (non-hydrogen) atoms. The summed E-state index contributed by atoms with van der Waals surface area (Å²) in [6.45, 7) is 0.433. The smallest absolute Gasteiger partial charge is 0.258 e. The Morgan fingerprint density at radius 1 is 1.00 bits per heavy atom. The molecule has 0 bridgehead atoms. The minimum atomic E-state index is -0.589. The Labute approximate surface area is 166 Å². The molecular formula is C21H21FN4O3. The van der Waals surface area contributed by atoms with Crippen molar-refractivity contribution in [2.75, 3.05) is 13.1 Å². The molecule has 0 radical (unpaired) electrons. The summed E-state index contributed by atoms with van der Waals surface area (Å²) >= 11 is 0. The van der Waals surface area contributed by atoms with Gasteiger partial charge in [0.2, 0.25) is 5.91 Å². The van der Waals surface area contributed by atoms with E-state index < -0.39 is 11.7 Å². The van der Waals surface area contributed by atoms with Crippen molar-refractivity contribution >= 4 is 22.7 Å². The predicted molar refractivity (Wildman–Crippen MR) is 107 cm³/mol. The molecule has 0 aliphatic carbocycles. The molecule has 3 aromatic rings. The molecule has 0 unspecified atom stereocenters. The molecule has 0 saturated carbocycles. The van der Waals surface area contributed by atoms with Crippen LogP contribution in [0.25, 0.3) is 10.9 Å². The second-order valence-corrected chi connectivity index (χ2v) is 6.47. The number of hydrogen-bond donors (Lipinski definition) is 3. The van der Waals surface area contributed by atoms with Crippen LogP contribution in [0.2, 0.25) is 0 Å². The van der Waals surface area contributed by atoms with E-state index in [1.54, 1.807) is 24.3 Å². The van der Waals surface area contributed by atoms with Gasteiger partial charge in [0.15, 0.2) is 0 Å². The van der Waals surface area contributed by atoms with Gasteiger partial charge in [0.25, 0.3) is 11.5 Å². The fourth-order valence-electron chi connectivity index (χ4n) is 2.88. The zero-order chi connectivity index (χ0) is 20.6. The molecule has 1 aromatic heterocycles. The lowest BCUT2D eigenvalue weighted by Gasteiger charge is -2.08. The molecule has 2 aromatic carbocycles. The number of benzene rings is 2. The Hall–Kier alpha value is -3.55. The molecule has 8 heteroatoms. The second kappa shape index (κ2) is 9.59. The average Bonchev–Trinajstić information content (AvgIpc) is 2.71. The lowest BCUT2D eigenvalue weighted by molar-refractivity contribution is -0.121. The summed E-state index contributed by atoms with van der Waals surface area (Å²) in [5.41, 5.74) is 0.401. The maximum Gasteiger partial charge on any atom is 0.258 e. The number of nitrogens with one attached hydrogen (secondary N) is 3. The molecule has 2 amide bonds. The van der Waals surface area contributed by atoms with Gasteiger partial charge in [-0.15, -0.1) is 0 Å². The van der Waals surface area contributed by atoms with Crippen LogP contribution in [0.3, 0.4) is 0 Å². The van der Waals surface area contributed by atoms with Crippen molar-refractivity contribution in [1.82, 2.24) is 20.6 Å². The van der Waals surface area contributed by atoms with E-state index in [0.717, 1.165) is 0 Å².